The van der Waals surface area contributed by atoms with Gasteiger partial charge in [0.2, 0.25) is 0 Å². The number of hydrogen-bond donors (Lipinski definition) is 2. The molecule has 0 aliphatic carbocycles. The van der Waals surface area contributed by atoms with Crippen molar-refractivity contribution in [3.05, 3.63) is 53.9 Å². The third-order valence-electron chi connectivity index (χ3n) is 3.87. The van der Waals surface area contributed by atoms with Crippen molar-refractivity contribution in [2.45, 2.75) is 25.9 Å². The van der Waals surface area contributed by atoms with Crippen molar-refractivity contribution in [2.75, 3.05) is 23.8 Å². The maximum absolute atomic E-state index is 12.3. The number of aryl methyl sites for hydroxylation is 1. The van der Waals surface area contributed by atoms with Gasteiger partial charge in [-0.25, -0.2) is 0 Å². The smallest absolute Gasteiger partial charge is 0.257 e. The number of amides is 1. The number of hydrogen-bond acceptors (Lipinski definition) is 4. The monoisotopic (exact) mass is 311 g/mol. The topological polar surface area (TPSA) is 63.2 Å². The van der Waals surface area contributed by atoms with Gasteiger partial charge in [-0.1, -0.05) is 17.7 Å². The first-order valence-corrected chi connectivity index (χ1v) is 7.89. The minimum atomic E-state index is -0.165. The van der Waals surface area contributed by atoms with Crippen molar-refractivity contribution in [2.24, 2.45) is 0 Å². The van der Waals surface area contributed by atoms with Gasteiger partial charge in [0, 0.05) is 31.2 Å². The molecule has 0 radical (unpaired) electrons. The molecule has 0 spiro atoms. The molecule has 1 aliphatic heterocycles. The zero-order valence-corrected chi connectivity index (χ0v) is 13.2. The fourth-order valence-electron chi connectivity index (χ4n) is 2.54. The average Bonchev–Trinajstić information content (AvgIpc) is 3.09. The van der Waals surface area contributed by atoms with E-state index < -0.39 is 0 Å². The van der Waals surface area contributed by atoms with Crippen LogP contribution in [-0.4, -0.2) is 30.1 Å². The van der Waals surface area contributed by atoms with Crippen molar-refractivity contribution in [3.63, 3.8) is 0 Å². The molecule has 2 heterocycles. The molecule has 1 fully saturated rings. The summed E-state index contributed by atoms with van der Waals surface area (Å²) in [7, 11) is 0. The number of carbonyl (C=O) groups excluding carboxylic acids is 1. The van der Waals surface area contributed by atoms with Gasteiger partial charge in [0.05, 0.1) is 17.4 Å². The van der Waals surface area contributed by atoms with Gasteiger partial charge in [-0.2, -0.15) is 0 Å². The van der Waals surface area contributed by atoms with Crippen molar-refractivity contribution in [3.8, 4) is 0 Å². The molecule has 3 rings (SSSR count). The van der Waals surface area contributed by atoms with Gasteiger partial charge < -0.3 is 15.4 Å². The number of rotatable bonds is 5. The molecule has 1 saturated heterocycles. The highest BCUT2D eigenvalue weighted by Crippen LogP contribution is 2.15. The van der Waals surface area contributed by atoms with Crippen LogP contribution in [0.4, 0.5) is 11.4 Å². The average molecular weight is 311 g/mol. The molecule has 1 unspecified atom stereocenters. The fraction of sp³-hybridized carbons (Fsp3) is 0.333. The molecule has 0 bridgehead atoms. The predicted molar refractivity (Wildman–Crippen MR) is 90.8 cm³/mol. The fourth-order valence-corrected chi connectivity index (χ4v) is 2.54. The quantitative estimate of drug-likeness (QED) is 0.890. The van der Waals surface area contributed by atoms with E-state index in [1.54, 1.807) is 12.4 Å². The second-order valence-electron chi connectivity index (χ2n) is 5.80. The highest BCUT2D eigenvalue weighted by Gasteiger charge is 2.15. The highest BCUT2D eigenvalue weighted by molar-refractivity contribution is 6.04. The van der Waals surface area contributed by atoms with Crippen LogP contribution in [0.2, 0.25) is 0 Å². The molecule has 23 heavy (non-hydrogen) atoms. The van der Waals surface area contributed by atoms with E-state index in [1.165, 1.54) is 0 Å². The number of nitrogens with one attached hydrogen (secondary N) is 2. The second kappa shape index (κ2) is 7.24. The molecule has 2 N–H and O–H groups in total. The van der Waals surface area contributed by atoms with Crippen LogP contribution in [0.1, 0.15) is 28.8 Å². The Balaban J connectivity index is 1.61. The summed E-state index contributed by atoms with van der Waals surface area (Å²) in [5.74, 6) is -0.165. The van der Waals surface area contributed by atoms with Gasteiger partial charge >= 0.3 is 0 Å². The summed E-state index contributed by atoms with van der Waals surface area (Å²) in [6.07, 6.45) is 5.73. The van der Waals surface area contributed by atoms with Gasteiger partial charge in [-0.3, -0.25) is 9.78 Å². The SMILES string of the molecule is Cc1ccc(NC(=O)c2cncc(NCC3CCCO3)c2)cc1. The lowest BCUT2D eigenvalue weighted by Gasteiger charge is -2.12. The molecule has 120 valence electrons. The molecular formula is C18H21N3O2. The van der Waals surface area contributed by atoms with Crippen molar-refractivity contribution in [1.82, 2.24) is 4.98 Å². The molecule has 1 amide bonds. The number of carbonyl (C=O) groups is 1. The Morgan fingerprint density at radius 1 is 1.26 bits per heavy atom. The molecule has 2 aromatic rings. The van der Waals surface area contributed by atoms with Gasteiger partial charge in [-0.15, -0.1) is 0 Å². The van der Waals surface area contributed by atoms with E-state index >= 15 is 0 Å². The van der Waals surface area contributed by atoms with Crippen LogP contribution in [0.25, 0.3) is 0 Å². The van der Waals surface area contributed by atoms with Gasteiger partial charge in [0.1, 0.15) is 0 Å². The van der Waals surface area contributed by atoms with Crippen molar-refractivity contribution >= 4 is 17.3 Å². The number of benzene rings is 1. The first kappa shape index (κ1) is 15.5. The van der Waals surface area contributed by atoms with E-state index in [4.69, 9.17) is 4.74 Å². The number of anilines is 2. The predicted octanol–water partition coefficient (Wildman–Crippen LogP) is 3.23. The lowest BCUT2D eigenvalue weighted by Crippen LogP contribution is -2.19. The number of ether oxygens (including phenoxy) is 1. The van der Waals surface area contributed by atoms with Gasteiger partial charge in [0.25, 0.3) is 5.91 Å². The Morgan fingerprint density at radius 2 is 2.09 bits per heavy atom. The van der Waals surface area contributed by atoms with Crippen molar-refractivity contribution < 1.29 is 9.53 Å². The van der Waals surface area contributed by atoms with E-state index in [2.05, 4.69) is 15.6 Å². The van der Waals surface area contributed by atoms with Crippen LogP contribution < -0.4 is 10.6 Å². The third-order valence-corrected chi connectivity index (χ3v) is 3.87. The summed E-state index contributed by atoms with van der Waals surface area (Å²) in [6.45, 7) is 3.59. The summed E-state index contributed by atoms with van der Waals surface area (Å²) < 4.78 is 5.58. The van der Waals surface area contributed by atoms with Gasteiger partial charge in [0.15, 0.2) is 0 Å². The highest BCUT2D eigenvalue weighted by atomic mass is 16.5. The largest absolute Gasteiger partial charge is 0.381 e. The zero-order chi connectivity index (χ0) is 16.1. The molecule has 1 atom stereocenters. The molecule has 1 aromatic heterocycles. The van der Waals surface area contributed by atoms with E-state index in [0.29, 0.717) is 5.56 Å². The van der Waals surface area contributed by atoms with E-state index in [-0.39, 0.29) is 12.0 Å². The van der Waals surface area contributed by atoms with Crippen LogP contribution >= 0.6 is 0 Å². The first-order valence-electron chi connectivity index (χ1n) is 7.89. The standard InChI is InChI=1S/C18H21N3O2/c1-13-4-6-15(7-5-13)21-18(22)14-9-16(11-19-10-14)20-12-17-3-2-8-23-17/h4-7,9-11,17,20H,2-3,8,12H2,1H3,(H,21,22). The Morgan fingerprint density at radius 3 is 2.83 bits per heavy atom. The summed E-state index contributed by atoms with van der Waals surface area (Å²) in [5, 5.41) is 6.16. The van der Waals surface area contributed by atoms with Crippen LogP contribution in [0.5, 0.6) is 0 Å². The van der Waals surface area contributed by atoms with E-state index in [9.17, 15) is 4.79 Å². The molecule has 5 heteroatoms. The normalized spacial score (nSPS) is 17.0. The second-order valence-corrected chi connectivity index (χ2v) is 5.80. The Hall–Kier alpha value is -2.40. The summed E-state index contributed by atoms with van der Waals surface area (Å²) in [4.78, 5) is 16.5. The molecule has 0 saturated carbocycles. The lowest BCUT2D eigenvalue weighted by atomic mass is 10.2. The minimum absolute atomic E-state index is 0.165. The van der Waals surface area contributed by atoms with E-state index in [0.717, 1.165) is 42.9 Å². The minimum Gasteiger partial charge on any atom is -0.381 e. The number of aromatic nitrogens is 1. The number of nitrogens with zero attached hydrogens (tertiary/aromatic N) is 1. The maximum Gasteiger partial charge on any atom is 0.257 e. The van der Waals surface area contributed by atoms with Gasteiger partial charge in [-0.05, 0) is 38.0 Å². The van der Waals surface area contributed by atoms with Crippen LogP contribution in [0, 0.1) is 6.92 Å². The lowest BCUT2D eigenvalue weighted by molar-refractivity contribution is 0.102. The zero-order valence-electron chi connectivity index (χ0n) is 13.2. The molecular weight excluding hydrogens is 290 g/mol. The van der Waals surface area contributed by atoms with Crippen LogP contribution in [0.3, 0.4) is 0 Å². The molecule has 1 aliphatic rings. The summed E-state index contributed by atoms with van der Waals surface area (Å²) in [6, 6.07) is 9.52. The van der Waals surface area contributed by atoms with Crippen molar-refractivity contribution in [1.29, 1.82) is 0 Å². The Labute approximate surface area is 136 Å². The summed E-state index contributed by atoms with van der Waals surface area (Å²) in [5.41, 5.74) is 3.29. The molecule has 1 aromatic carbocycles. The van der Waals surface area contributed by atoms with E-state index in [1.807, 2.05) is 37.3 Å². The summed E-state index contributed by atoms with van der Waals surface area (Å²) >= 11 is 0. The third kappa shape index (κ3) is 4.29. The Kier molecular flexibility index (Phi) is 4.88. The van der Waals surface area contributed by atoms with Crippen LogP contribution in [-0.2, 0) is 4.74 Å². The maximum atomic E-state index is 12.3. The van der Waals surface area contributed by atoms with Crippen LogP contribution in [0.15, 0.2) is 42.7 Å². The first-order chi connectivity index (χ1) is 11.2. The number of pyridine rings is 1. The molecule has 5 nitrogen and oxygen atoms in total. The Bertz CT molecular complexity index is 664.